The van der Waals surface area contributed by atoms with Crippen molar-refractivity contribution in [1.82, 2.24) is 19.6 Å². The Morgan fingerprint density at radius 2 is 2.17 bits per heavy atom. The van der Waals surface area contributed by atoms with Gasteiger partial charge in [-0.25, -0.2) is 4.98 Å². The van der Waals surface area contributed by atoms with Crippen molar-refractivity contribution in [1.29, 1.82) is 0 Å². The van der Waals surface area contributed by atoms with Gasteiger partial charge in [-0.05, 0) is 30.2 Å². The van der Waals surface area contributed by atoms with Crippen LogP contribution >= 0.6 is 0 Å². The molecule has 2 atom stereocenters. The van der Waals surface area contributed by atoms with Crippen LogP contribution in [0.5, 0.6) is 0 Å². The molecule has 4 rings (SSSR count). The van der Waals surface area contributed by atoms with Gasteiger partial charge in [-0.1, -0.05) is 13.0 Å². The molecule has 0 aliphatic carbocycles. The Morgan fingerprint density at radius 3 is 3.00 bits per heavy atom. The van der Waals surface area contributed by atoms with E-state index in [1.54, 1.807) is 16.9 Å². The summed E-state index contributed by atoms with van der Waals surface area (Å²) in [6.07, 6.45) is 5.22. The number of carbonyl (C=O) groups excluding carboxylic acids is 1. The summed E-state index contributed by atoms with van der Waals surface area (Å²) in [6, 6.07) is 9.52. The highest BCUT2D eigenvalue weighted by molar-refractivity contribution is 5.93. The van der Waals surface area contributed by atoms with Gasteiger partial charge in [-0.3, -0.25) is 9.20 Å². The summed E-state index contributed by atoms with van der Waals surface area (Å²) < 4.78 is 1.79. The molecule has 1 fully saturated rings. The first-order valence-corrected chi connectivity index (χ1v) is 7.97. The molecule has 7 nitrogen and oxygen atoms in total. The molecule has 4 heterocycles. The van der Waals surface area contributed by atoms with Gasteiger partial charge >= 0.3 is 0 Å². The number of nitrogens with one attached hydrogen (secondary N) is 1. The number of carbonyl (C=O) groups is 1. The van der Waals surface area contributed by atoms with Gasteiger partial charge in [0.1, 0.15) is 12.1 Å². The van der Waals surface area contributed by atoms with E-state index in [0.717, 1.165) is 23.7 Å². The third-order valence-corrected chi connectivity index (χ3v) is 4.48. The van der Waals surface area contributed by atoms with Gasteiger partial charge in [-0.15, -0.1) is 10.2 Å². The van der Waals surface area contributed by atoms with E-state index < -0.39 is 0 Å². The fraction of sp³-hybridized carbons (Fsp3) is 0.294. The second-order valence-corrected chi connectivity index (χ2v) is 6.18. The summed E-state index contributed by atoms with van der Waals surface area (Å²) in [5.74, 6) is 1.16. The highest BCUT2D eigenvalue weighted by Gasteiger charge is 2.35. The van der Waals surface area contributed by atoms with Gasteiger partial charge in [0.25, 0.3) is 0 Å². The van der Waals surface area contributed by atoms with Gasteiger partial charge in [0.15, 0.2) is 5.65 Å². The second-order valence-electron chi connectivity index (χ2n) is 6.18. The van der Waals surface area contributed by atoms with Crippen molar-refractivity contribution >= 4 is 23.1 Å². The summed E-state index contributed by atoms with van der Waals surface area (Å²) in [7, 11) is 0. The quantitative estimate of drug-likeness (QED) is 0.796. The molecule has 3 aromatic heterocycles. The number of rotatable bonds is 3. The van der Waals surface area contributed by atoms with Crippen LogP contribution in [0, 0.1) is 11.8 Å². The molecule has 3 aromatic rings. The average molecular weight is 322 g/mol. The lowest BCUT2D eigenvalue weighted by molar-refractivity contribution is -0.120. The van der Waals surface area contributed by atoms with Crippen LogP contribution in [0.15, 0.2) is 49.1 Å². The largest absolute Gasteiger partial charge is 0.356 e. The third kappa shape index (κ3) is 2.68. The lowest BCUT2D eigenvalue weighted by atomic mass is 9.97. The molecule has 1 aliphatic rings. The van der Waals surface area contributed by atoms with Crippen LogP contribution in [-0.4, -0.2) is 38.6 Å². The van der Waals surface area contributed by atoms with Crippen molar-refractivity contribution in [3.8, 4) is 0 Å². The Kier molecular flexibility index (Phi) is 3.60. The number of amides is 1. The summed E-state index contributed by atoms with van der Waals surface area (Å²) in [5.41, 5.74) is 1.50. The second kappa shape index (κ2) is 5.92. The molecule has 24 heavy (non-hydrogen) atoms. The van der Waals surface area contributed by atoms with Gasteiger partial charge in [-0.2, -0.15) is 0 Å². The lowest BCUT2D eigenvalue weighted by Gasteiger charge is -2.17. The maximum absolute atomic E-state index is 12.7. The average Bonchev–Trinajstić information content (AvgIpc) is 3.21. The first-order valence-electron chi connectivity index (χ1n) is 7.97. The van der Waals surface area contributed by atoms with E-state index in [0.29, 0.717) is 6.54 Å². The van der Waals surface area contributed by atoms with Crippen LogP contribution < -0.4 is 10.2 Å². The van der Waals surface area contributed by atoms with Crippen molar-refractivity contribution < 1.29 is 4.79 Å². The molecule has 0 aromatic carbocycles. The number of pyridine rings is 2. The molecule has 1 N–H and O–H groups in total. The van der Waals surface area contributed by atoms with E-state index in [9.17, 15) is 4.79 Å². The minimum absolute atomic E-state index is 0.0355. The van der Waals surface area contributed by atoms with E-state index in [1.807, 2.05) is 36.5 Å². The zero-order chi connectivity index (χ0) is 16.5. The highest BCUT2D eigenvalue weighted by atomic mass is 16.2. The number of aromatic nitrogens is 4. The number of fused-ring (bicyclic) bond motifs is 1. The van der Waals surface area contributed by atoms with E-state index in [2.05, 4.69) is 32.3 Å². The van der Waals surface area contributed by atoms with Crippen LogP contribution in [0.25, 0.3) is 5.65 Å². The molecule has 1 amide bonds. The molecule has 0 saturated carbocycles. The first kappa shape index (κ1) is 14.6. The summed E-state index contributed by atoms with van der Waals surface area (Å²) >= 11 is 0. The number of hydrogen-bond acceptors (Lipinski definition) is 5. The molecule has 122 valence electrons. The van der Waals surface area contributed by atoms with Gasteiger partial charge in [0.2, 0.25) is 5.91 Å². The van der Waals surface area contributed by atoms with Gasteiger partial charge in [0, 0.05) is 25.5 Å². The molecule has 1 aliphatic heterocycles. The topological polar surface area (TPSA) is 75.4 Å². The SMILES string of the molecule is C[C@@H]1CN(c2ccccn2)C[C@H]1C(=O)Nc1ccc2nncn2c1. The first-order chi connectivity index (χ1) is 11.7. The predicted octanol–water partition coefficient (Wildman–Crippen LogP) is 1.84. The summed E-state index contributed by atoms with van der Waals surface area (Å²) in [4.78, 5) is 19.2. The molecule has 7 heteroatoms. The predicted molar refractivity (Wildman–Crippen MR) is 90.7 cm³/mol. The maximum Gasteiger partial charge on any atom is 0.229 e. The van der Waals surface area contributed by atoms with Crippen LogP contribution in [0.1, 0.15) is 6.92 Å². The Labute approximate surface area is 139 Å². The monoisotopic (exact) mass is 322 g/mol. The van der Waals surface area contributed by atoms with Crippen molar-refractivity contribution in [2.24, 2.45) is 11.8 Å². The molecular formula is C17H18N6O. The molecular weight excluding hydrogens is 304 g/mol. The molecule has 0 unspecified atom stereocenters. The Hall–Kier alpha value is -2.96. The summed E-state index contributed by atoms with van der Waals surface area (Å²) in [6.45, 7) is 3.62. The van der Waals surface area contributed by atoms with Crippen LogP contribution in [0.2, 0.25) is 0 Å². The minimum Gasteiger partial charge on any atom is -0.356 e. The van der Waals surface area contributed by atoms with Gasteiger partial charge in [0.05, 0.1) is 11.6 Å². The smallest absolute Gasteiger partial charge is 0.229 e. The van der Waals surface area contributed by atoms with E-state index >= 15 is 0 Å². The van der Waals surface area contributed by atoms with Gasteiger partial charge < -0.3 is 10.2 Å². The zero-order valence-electron chi connectivity index (χ0n) is 13.3. The Balaban J connectivity index is 1.47. The minimum atomic E-state index is -0.0661. The fourth-order valence-corrected chi connectivity index (χ4v) is 3.17. The van der Waals surface area contributed by atoms with Crippen molar-refractivity contribution in [2.75, 3.05) is 23.3 Å². The van der Waals surface area contributed by atoms with E-state index in [4.69, 9.17) is 0 Å². The molecule has 0 radical (unpaired) electrons. The maximum atomic E-state index is 12.7. The number of hydrogen-bond donors (Lipinski definition) is 1. The highest BCUT2D eigenvalue weighted by Crippen LogP contribution is 2.27. The van der Waals surface area contributed by atoms with Crippen LogP contribution in [0.3, 0.4) is 0 Å². The van der Waals surface area contributed by atoms with E-state index in [1.165, 1.54) is 0 Å². The number of anilines is 2. The van der Waals surface area contributed by atoms with E-state index in [-0.39, 0.29) is 17.7 Å². The fourth-order valence-electron chi connectivity index (χ4n) is 3.17. The Bertz CT molecular complexity index is 862. The van der Waals surface area contributed by atoms with Crippen molar-refractivity contribution in [3.05, 3.63) is 49.1 Å². The normalized spacial score (nSPS) is 20.5. The lowest BCUT2D eigenvalue weighted by Crippen LogP contribution is -2.29. The zero-order valence-corrected chi connectivity index (χ0v) is 13.3. The van der Waals surface area contributed by atoms with Crippen LogP contribution in [-0.2, 0) is 4.79 Å². The third-order valence-electron chi connectivity index (χ3n) is 4.48. The molecule has 0 spiro atoms. The van der Waals surface area contributed by atoms with Crippen molar-refractivity contribution in [3.63, 3.8) is 0 Å². The van der Waals surface area contributed by atoms with Crippen molar-refractivity contribution in [2.45, 2.75) is 6.92 Å². The standard InChI is InChI=1S/C17H18N6O/c1-12-8-22(15-4-2-3-7-18-15)10-14(12)17(24)20-13-5-6-16-21-19-11-23(16)9-13/h2-7,9,11-12,14H,8,10H2,1H3,(H,20,24)/t12-,14-/m1/s1. The Morgan fingerprint density at radius 1 is 1.25 bits per heavy atom. The van der Waals surface area contributed by atoms with Crippen LogP contribution in [0.4, 0.5) is 11.5 Å². The molecule has 0 bridgehead atoms. The summed E-state index contributed by atoms with van der Waals surface area (Å²) in [5, 5.41) is 10.8. The molecule has 1 saturated heterocycles. The number of nitrogens with zero attached hydrogens (tertiary/aromatic N) is 5.